The molecular formula is C24H19F8N3O2. The number of pyridine rings is 1. The molecule has 1 N–H and O–H groups in total. The smallest absolute Gasteiger partial charge is 0.347 e. The topological polar surface area (TPSA) is 62.3 Å². The molecule has 2 aliphatic carbocycles. The number of fused-ring (bicyclic) bond motifs is 1. The quantitative estimate of drug-likeness (QED) is 0.533. The Morgan fingerprint density at radius 3 is 2.30 bits per heavy atom. The Labute approximate surface area is 204 Å². The van der Waals surface area contributed by atoms with Gasteiger partial charge in [0.15, 0.2) is 0 Å². The van der Waals surface area contributed by atoms with Crippen LogP contribution in [-0.4, -0.2) is 33.8 Å². The minimum Gasteiger partial charge on any atom is -0.347 e. The van der Waals surface area contributed by atoms with E-state index < -0.39 is 64.7 Å². The van der Waals surface area contributed by atoms with Crippen molar-refractivity contribution >= 4 is 11.8 Å². The molecular weight excluding hydrogens is 514 g/mol. The SMILES string of the molecule is O=C(N[C@@H](c1cc(F)c(C(F)(F)F)cc1F)C1CC1)[C@H]1C[C@H]2C[C@H]2N1C(=O)c1ccnc(C(F)(F)F)c1. The summed E-state index contributed by atoms with van der Waals surface area (Å²) in [6.45, 7) is 0. The van der Waals surface area contributed by atoms with Crippen LogP contribution in [0, 0.1) is 23.5 Å². The number of benzene rings is 1. The van der Waals surface area contributed by atoms with Crippen molar-refractivity contribution in [2.45, 2.75) is 56.2 Å². The minimum atomic E-state index is -5.10. The number of nitrogens with one attached hydrogen (secondary N) is 1. The highest BCUT2D eigenvalue weighted by molar-refractivity contribution is 5.98. The summed E-state index contributed by atoms with van der Waals surface area (Å²) in [5.74, 6) is -4.92. The van der Waals surface area contributed by atoms with Crippen molar-refractivity contribution in [1.29, 1.82) is 0 Å². The van der Waals surface area contributed by atoms with Gasteiger partial charge in [-0.1, -0.05) is 0 Å². The largest absolute Gasteiger partial charge is 0.433 e. The van der Waals surface area contributed by atoms with Crippen molar-refractivity contribution in [3.8, 4) is 0 Å². The second-order valence-corrected chi connectivity index (χ2v) is 9.63. The third kappa shape index (κ3) is 4.87. The van der Waals surface area contributed by atoms with Gasteiger partial charge in [-0.25, -0.2) is 8.78 Å². The Hall–Kier alpha value is -3.25. The van der Waals surface area contributed by atoms with E-state index in [0.29, 0.717) is 31.4 Å². The predicted molar refractivity (Wildman–Crippen MR) is 111 cm³/mol. The van der Waals surface area contributed by atoms with Crippen LogP contribution in [0.15, 0.2) is 30.5 Å². The molecule has 0 radical (unpaired) electrons. The lowest BCUT2D eigenvalue weighted by molar-refractivity contribution is -0.141. The molecule has 13 heteroatoms. The van der Waals surface area contributed by atoms with Crippen LogP contribution in [0.5, 0.6) is 0 Å². The average molecular weight is 533 g/mol. The van der Waals surface area contributed by atoms with Crippen molar-refractivity contribution in [1.82, 2.24) is 15.2 Å². The highest BCUT2D eigenvalue weighted by atomic mass is 19.4. The number of nitrogens with zero attached hydrogens (tertiary/aromatic N) is 2. The zero-order valence-electron chi connectivity index (χ0n) is 18.8. The first-order valence-corrected chi connectivity index (χ1v) is 11.5. The number of alkyl halides is 6. The standard InChI is InChI=1S/C24H19F8N3O2/c25-15-9-14(23(27,28)29)16(26)8-13(15)20(10-1-2-10)34-21(36)18-6-12-5-17(12)35(18)22(37)11-3-4-33-19(7-11)24(30,31)32/h3-4,7-10,12,17-18,20H,1-2,5-6H2,(H,34,36)/t12-,17-,18-,20-/m1/s1. The molecule has 4 atom stereocenters. The molecule has 2 amide bonds. The molecule has 1 aromatic carbocycles. The van der Waals surface area contributed by atoms with Crippen LogP contribution in [0.2, 0.25) is 0 Å². The van der Waals surface area contributed by atoms with Gasteiger partial charge in [-0.15, -0.1) is 0 Å². The number of hydrogen-bond donors (Lipinski definition) is 1. The number of amides is 2. The summed E-state index contributed by atoms with van der Waals surface area (Å²) in [4.78, 5) is 30.8. The van der Waals surface area contributed by atoms with E-state index in [9.17, 15) is 44.7 Å². The summed E-state index contributed by atoms with van der Waals surface area (Å²) in [6, 6.07) is -0.389. The molecule has 37 heavy (non-hydrogen) atoms. The van der Waals surface area contributed by atoms with E-state index in [1.54, 1.807) is 0 Å². The van der Waals surface area contributed by atoms with Crippen LogP contribution in [0.4, 0.5) is 35.1 Å². The maximum absolute atomic E-state index is 14.7. The lowest BCUT2D eigenvalue weighted by atomic mass is 9.98. The number of aromatic nitrogens is 1. The highest BCUT2D eigenvalue weighted by Gasteiger charge is 2.56. The predicted octanol–water partition coefficient (Wildman–Crippen LogP) is 5.27. The molecule has 0 bridgehead atoms. The third-order valence-electron chi connectivity index (χ3n) is 7.06. The summed E-state index contributed by atoms with van der Waals surface area (Å²) in [7, 11) is 0. The first-order valence-electron chi connectivity index (χ1n) is 11.5. The van der Waals surface area contributed by atoms with Gasteiger partial charge in [0, 0.05) is 23.4 Å². The summed E-state index contributed by atoms with van der Waals surface area (Å²) in [5, 5.41) is 2.56. The second kappa shape index (κ2) is 8.66. The van der Waals surface area contributed by atoms with Crippen LogP contribution in [-0.2, 0) is 17.1 Å². The van der Waals surface area contributed by atoms with Crippen LogP contribution in [0.25, 0.3) is 0 Å². The molecule has 1 aliphatic heterocycles. The normalized spacial score (nSPS) is 24.0. The first-order chi connectivity index (χ1) is 17.3. The first kappa shape index (κ1) is 25.4. The fourth-order valence-electron chi connectivity index (χ4n) is 5.00. The Kier molecular flexibility index (Phi) is 5.94. The molecule has 2 heterocycles. The van der Waals surface area contributed by atoms with Gasteiger partial charge < -0.3 is 10.2 Å². The number of carbonyl (C=O) groups excluding carboxylic acids is 2. The van der Waals surface area contributed by atoms with Gasteiger partial charge in [-0.05, 0) is 61.8 Å². The number of hydrogen-bond acceptors (Lipinski definition) is 3. The number of likely N-dealkylation sites (tertiary alicyclic amines) is 1. The summed E-state index contributed by atoms with van der Waals surface area (Å²) < 4.78 is 107. The number of piperidine rings is 1. The van der Waals surface area contributed by atoms with E-state index in [-0.39, 0.29) is 35.9 Å². The number of carbonyl (C=O) groups is 2. The van der Waals surface area contributed by atoms with Gasteiger partial charge >= 0.3 is 12.4 Å². The Morgan fingerprint density at radius 1 is 0.973 bits per heavy atom. The van der Waals surface area contributed by atoms with Gasteiger partial charge in [0.05, 0.1) is 11.6 Å². The van der Waals surface area contributed by atoms with Crippen molar-refractivity contribution in [3.05, 3.63) is 64.5 Å². The van der Waals surface area contributed by atoms with Gasteiger partial charge in [-0.2, -0.15) is 26.3 Å². The summed E-state index contributed by atoms with van der Waals surface area (Å²) >= 11 is 0. The maximum Gasteiger partial charge on any atom is 0.433 e. The Bertz CT molecular complexity index is 1260. The highest BCUT2D eigenvalue weighted by Crippen LogP contribution is 2.49. The second-order valence-electron chi connectivity index (χ2n) is 9.63. The molecule has 3 aliphatic rings. The third-order valence-corrected chi connectivity index (χ3v) is 7.06. The molecule has 3 fully saturated rings. The lowest BCUT2D eigenvalue weighted by Crippen LogP contribution is -2.49. The van der Waals surface area contributed by atoms with Gasteiger partial charge in [0.25, 0.3) is 5.91 Å². The van der Waals surface area contributed by atoms with E-state index in [2.05, 4.69) is 10.3 Å². The Balaban J connectivity index is 1.39. The molecule has 5 rings (SSSR count). The van der Waals surface area contributed by atoms with Crippen molar-refractivity contribution in [2.75, 3.05) is 0 Å². The van der Waals surface area contributed by atoms with E-state index in [1.165, 1.54) is 4.90 Å². The molecule has 0 unspecified atom stereocenters. The summed E-state index contributed by atoms with van der Waals surface area (Å²) in [5.41, 5.74) is -3.77. The van der Waals surface area contributed by atoms with Crippen LogP contribution in [0.1, 0.15) is 58.9 Å². The number of rotatable bonds is 5. The van der Waals surface area contributed by atoms with E-state index in [1.807, 2.05) is 0 Å². The van der Waals surface area contributed by atoms with E-state index in [4.69, 9.17) is 0 Å². The molecule has 5 nitrogen and oxygen atoms in total. The fraction of sp³-hybridized carbons (Fsp3) is 0.458. The monoisotopic (exact) mass is 533 g/mol. The van der Waals surface area contributed by atoms with Gasteiger partial charge in [-0.3, -0.25) is 14.6 Å². The molecule has 2 aromatic rings. The Morgan fingerprint density at radius 2 is 1.68 bits per heavy atom. The van der Waals surface area contributed by atoms with Gasteiger partial charge in [0.1, 0.15) is 23.4 Å². The molecule has 2 saturated carbocycles. The number of halogens is 8. The molecule has 0 spiro atoms. The van der Waals surface area contributed by atoms with E-state index >= 15 is 0 Å². The summed E-state index contributed by atoms with van der Waals surface area (Å²) in [6.07, 6.45) is -7.22. The molecule has 1 saturated heterocycles. The zero-order chi connectivity index (χ0) is 26.9. The average Bonchev–Trinajstić information content (AvgIpc) is 3.75. The van der Waals surface area contributed by atoms with Crippen LogP contribution >= 0.6 is 0 Å². The van der Waals surface area contributed by atoms with Crippen LogP contribution < -0.4 is 5.32 Å². The van der Waals surface area contributed by atoms with E-state index in [0.717, 1.165) is 12.3 Å². The van der Waals surface area contributed by atoms with Gasteiger partial charge in [0.2, 0.25) is 5.91 Å². The molecule has 1 aromatic heterocycles. The fourth-order valence-corrected chi connectivity index (χ4v) is 5.00. The zero-order valence-corrected chi connectivity index (χ0v) is 18.8. The molecule has 198 valence electrons. The van der Waals surface area contributed by atoms with Crippen LogP contribution in [0.3, 0.4) is 0 Å². The van der Waals surface area contributed by atoms with Crippen molar-refractivity contribution in [2.24, 2.45) is 11.8 Å². The van der Waals surface area contributed by atoms with Crippen molar-refractivity contribution in [3.63, 3.8) is 0 Å². The minimum absolute atomic E-state index is 0.0387. The van der Waals surface area contributed by atoms with Crippen molar-refractivity contribution < 1.29 is 44.7 Å². The maximum atomic E-state index is 14.7. The lowest BCUT2D eigenvalue weighted by Gasteiger charge is -2.29.